The molecule has 0 saturated heterocycles. The van der Waals surface area contributed by atoms with Gasteiger partial charge in [0.15, 0.2) is 4.77 Å². The predicted molar refractivity (Wildman–Crippen MR) is 93.9 cm³/mol. The van der Waals surface area contributed by atoms with Crippen molar-refractivity contribution in [2.75, 3.05) is 12.4 Å². The molecule has 124 valence electrons. The Labute approximate surface area is 147 Å². The molecule has 0 aliphatic carbocycles. The predicted octanol–water partition coefficient (Wildman–Crippen LogP) is 3.09. The normalized spacial score (nSPS) is 16.4. The Balaban J connectivity index is 2.37. The fourth-order valence-corrected chi connectivity index (χ4v) is 3.33. The van der Waals surface area contributed by atoms with E-state index >= 15 is 0 Å². The van der Waals surface area contributed by atoms with E-state index in [2.05, 4.69) is 15.3 Å². The van der Waals surface area contributed by atoms with E-state index in [4.69, 9.17) is 28.6 Å². The molecular weight excluding hydrogens is 350 g/mol. The number of esters is 1. The fraction of sp³-hybridized carbons (Fsp3) is 0.188. The van der Waals surface area contributed by atoms with Crippen LogP contribution in [0.4, 0.5) is 5.82 Å². The lowest BCUT2D eigenvalue weighted by molar-refractivity contribution is -0.136. The SMILES string of the molecule is COC(=O)C1=C(C)Nc2[nH]c(=S)[nH]c(=O)c2[C@H]1c1ccccc1Cl. The number of methoxy groups -OCH3 is 1. The smallest absolute Gasteiger partial charge is 0.336 e. The molecule has 8 heteroatoms. The van der Waals surface area contributed by atoms with Gasteiger partial charge in [0.2, 0.25) is 0 Å². The first-order valence-electron chi connectivity index (χ1n) is 7.11. The van der Waals surface area contributed by atoms with Gasteiger partial charge in [0.1, 0.15) is 5.82 Å². The molecule has 6 nitrogen and oxygen atoms in total. The summed E-state index contributed by atoms with van der Waals surface area (Å²) in [6, 6.07) is 7.07. The first-order chi connectivity index (χ1) is 11.4. The lowest BCUT2D eigenvalue weighted by Gasteiger charge is -2.29. The molecule has 0 fully saturated rings. The Hall–Kier alpha value is -2.38. The van der Waals surface area contributed by atoms with Gasteiger partial charge in [-0.25, -0.2) is 4.79 Å². The van der Waals surface area contributed by atoms with E-state index in [9.17, 15) is 9.59 Å². The number of carbonyl (C=O) groups is 1. The molecule has 1 aliphatic rings. The quantitative estimate of drug-likeness (QED) is 0.563. The van der Waals surface area contributed by atoms with Gasteiger partial charge >= 0.3 is 5.97 Å². The van der Waals surface area contributed by atoms with Gasteiger partial charge in [0.05, 0.1) is 24.2 Å². The van der Waals surface area contributed by atoms with Crippen molar-refractivity contribution in [1.29, 1.82) is 0 Å². The summed E-state index contributed by atoms with van der Waals surface area (Å²) in [6.07, 6.45) is 0. The highest BCUT2D eigenvalue weighted by Crippen LogP contribution is 2.41. The summed E-state index contributed by atoms with van der Waals surface area (Å²) in [5.41, 5.74) is 1.48. The zero-order chi connectivity index (χ0) is 17.4. The number of H-pyrrole nitrogens is 2. The van der Waals surface area contributed by atoms with Crippen LogP contribution < -0.4 is 10.9 Å². The number of ether oxygens (including phenoxy) is 1. The van der Waals surface area contributed by atoms with Crippen molar-refractivity contribution in [3.63, 3.8) is 0 Å². The molecule has 0 spiro atoms. The van der Waals surface area contributed by atoms with Crippen LogP contribution in [-0.2, 0) is 9.53 Å². The van der Waals surface area contributed by atoms with E-state index in [1.165, 1.54) is 7.11 Å². The standard InChI is InChI=1S/C16H14ClN3O3S/c1-7-10(15(22)23-2)11(8-5-3-4-6-9(8)17)12-13(18-7)19-16(24)20-14(12)21/h3-6,11H,1-2H3,(H3,18,19,20,21,24)/t11-/m0/s1. The van der Waals surface area contributed by atoms with Crippen molar-refractivity contribution in [2.24, 2.45) is 0 Å². The molecule has 2 heterocycles. The van der Waals surface area contributed by atoms with Gasteiger partial charge in [-0.1, -0.05) is 29.8 Å². The minimum Gasteiger partial charge on any atom is -0.466 e. The Kier molecular flexibility index (Phi) is 4.29. The summed E-state index contributed by atoms with van der Waals surface area (Å²) in [7, 11) is 1.30. The third-order valence-corrected chi connectivity index (χ3v) is 4.44. The first kappa shape index (κ1) is 16.5. The summed E-state index contributed by atoms with van der Waals surface area (Å²) in [4.78, 5) is 30.4. The van der Waals surface area contributed by atoms with Gasteiger partial charge in [-0.2, -0.15) is 0 Å². The van der Waals surface area contributed by atoms with Crippen molar-refractivity contribution in [3.05, 3.63) is 66.8 Å². The van der Waals surface area contributed by atoms with Gasteiger partial charge in [-0.05, 0) is 30.8 Å². The number of hydrogen-bond donors (Lipinski definition) is 3. The molecule has 3 rings (SSSR count). The number of nitrogens with one attached hydrogen (secondary N) is 3. The second kappa shape index (κ2) is 6.26. The summed E-state index contributed by atoms with van der Waals surface area (Å²) in [6.45, 7) is 1.73. The molecule has 0 saturated carbocycles. The Bertz CT molecular complexity index is 977. The van der Waals surface area contributed by atoms with Crippen LogP contribution in [0.5, 0.6) is 0 Å². The molecule has 3 N–H and O–H groups in total. The number of carbonyl (C=O) groups excluding carboxylic acids is 1. The van der Waals surface area contributed by atoms with E-state index in [1.54, 1.807) is 31.2 Å². The van der Waals surface area contributed by atoms with Crippen molar-refractivity contribution in [1.82, 2.24) is 9.97 Å². The van der Waals surface area contributed by atoms with E-state index in [-0.39, 0.29) is 10.3 Å². The van der Waals surface area contributed by atoms with E-state index in [0.717, 1.165) is 0 Å². The van der Waals surface area contributed by atoms with Crippen LogP contribution in [0.25, 0.3) is 0 Å². The molecule has 1 atom stereocenters. The van der Waals surface area contributed by atoms with Crippen molar-refractivity contribution < 1.29 is 9.53 Å². The summed E-state index contributed by atoms with van der Waals surface area (Å²) in [5, 5.41) is 3.47. The summed E-state index contributed by atoms with van der Waals surface area (Å²) >= 11 is 11.4. The highest BCUT2D eigenvalue weighted by atomic mass is 35.5. The molecule has 0 radical (unpaired) electrons. The van der Waals surface area contributed by atoms with Crippen LogP contribution in [-0.4, -0.2) is 23.0 Å². The highest BCUT2D eigenvalue weighted by Gasteiger charge is 2.36. The van der Waals surface area contributed by atoms with Gasteiger partial charge < -0.3 is 15.0 Å². The fourth-order valence-electron chi connectivity index (χ4n) is 2.89. The van der Waals surface area contributed by atoms with Gasteiger partial charge in [-0.3, -0.25) is 9.78 Å². The topological polar surface area (TPSA) is 87.0 Å². The maximum Gasteiger partial charge on any atom is 0.336 e. The number of halogens is 1. The third kappa shape index (κ3) is 2.65. The zero-order valence-corrected chi connectivity index (χ0v) is 14.5. The van der Waals surface area contributed by atoms with Gasteiger partial charge in [0.25, 0.3) is 5.56 Å². The number of benzene rings is 1. The molecular formula is C16H14ClN3O3S. The van der Waals surface area contributed by atoms with Gasteiger partial charge in [-0.15, -0.1) is 0 Å². The number of allylic oxidation sites excluding steroid dienone is 1. The maximum absolute atomic E-state index is 12.5. The Morgan fingerprint density at radius 2 is 2.00 bits per heavy atom. The molecule has 0 unspecified atom stereocenters. The third-order valence-electron chi connectivity index (χ3n) is 3.89. The number of aromatic nitrogens is 2. The monoisotopic (exact) mass is 363 g/mol. The average molecular weight is 364 g/mol. The summed E-state index contributed by atoms with van der Waals surface area (Å²) < 4.78 is 5.10. The average Bonchev–Trinajstić information content (AvgIpc) is 2.53. The molecule has 0 bridgehead atoms. The van der Waals surface area contributed by atoms with Crippen LogP contribution in [0.1, 0.15) is 24.0 Å². The van der Waals surface area contributed by atoms with Crippen LogP contribution in [0, 0.1) is 4.77 Å². The van der Waals surface area contributed by atoms with Crippen LogP contribution >= 0.6 is 23.8 Å². The molecule has 24 heavy (non-hydrogen) atoms. The minimum atomic E-state index is -0.669. The maximum atomic E-state index is 12.5. The second-order valence-corrected chi connectivity index (χ2v) is 6.12. The second-order valence-electron chi connectivity index (χ2n) is 5.31. The number of fused-ring (bicyclic) bond motifs is 1. The number of aromatic amines is 2. The number of hydrogen-bond acceptors (Lipinski definition) is 5. The lowest BCUT2D eigenvalue weighted by atomic mass is 9.82. The Morgan fingerprint density at radius 1 is 1.29 bits per heavy atom. The van der Waals surface area contributed by atoms with E-state index in [0.29, 0.717) is 33.2 Å². The van der Waals surface area contributed by atoms with Crippen LogP contribution in [0.15, 0.2) is 40.3 Å². The van der Waals surface area contributed by atoms with Crippen LogP contribution in [0.3, 0.4) is 0 Å². The highest BCUT2D eigenvalue weighted by molar-refractivity contribution is 7.71. The zero-order valence-electron chi connectivity index (χ0n) is 12.9. The van der Waals surface area contributed by atoms with E-state index in [1.807, 2.05) is 0 Å². The van der Waals surface area contributed by atoms with Crippen LogP contribution in [0.2, 0.25) is 5.02 Å². The van der Waals surface area contributed by atoms with Crippen molar-refractivity contribution in [3.8, 4) is 0 Å². The van der Waals surface area contributed by atoms with Crippen molar-refractivity contribution >= 4 is 35.6 Å². The summed E-state index contributed by atoms with van der Waals surface area (Å²) in [5.74, 6) is -0.755. The minimum absolute atomic E-state index is 0.193. The molecule has 2 aromatic rings. The van der Waals surface area contributed by atoms with E-state index < -0.39 is 11.9 Å². The Morgan fingerprint density at radius 3 is 2.67 bits per heavy atom. The largest absolute Gasteiger partial charge is 0.466 e. The number of rotatable bonds is 2. The number of anilines is 1. The molecule has 1 aliphatic heterocycles. The molecule has 1 aromatic carbocycles. The van der Waals surface area contributed by atoms with Gasteiger partial charge in [0, 0.05) is 10.7 Å². The lowest BCUT2D eigenvalue weighted by Crippen LogP contribution is -2.30. The molecule has 1 aromatic heterocycles. The molecule has 0 amide bonds. The first-order valence-corrected chi connectivity index (χ1v) is 7.89. The van der Waals surface area contributed by atoms with Crippen molar-refractivity contribution in [2.45, 2.75) is 12.8 Å².